The molecule has 100 valence electrons. The standard InChI is InChI=1S/C13H17F2NO2/c1-3-4-12(17)16-9(2)10-5-7-11(8-6-10)18-13(14)15/h5-9,13H,3-4H2,1-2H3,(H,16,17). The maximum atomic E-state index is 12.0. The summed E-state index contributed by atoms with van der Waals surface area (Å²) in [6, 6.07) is 6.10. The molecule has 1 N–H and O–H groups in total. The molecule has 0 aliphatic heterocycles. The van der Waals surface area contributed by atoms with Crippen molar-refractivity contribution >= 4 is 5.91 Å². The van der Waals surface area contributed by atoms with Gasteiger partial charge in [-0.25, -0.2) is 0 Å². The minimum atomic E-state index is -2.82. The Morgan fingerprint density at radius 3 is 2.44 bits per heavy atom. The molecule has 1 aromatic rings. The van der Waals surface area contributed by atoms with Crippen molar-refractivity contribution in [3.63, 3.8) is 0 Å². The summed E-state index contributed by atoms with van der Waals surface area (Å²) in [5.41, 5.74) is 0.848. The van der Waals surface area contributed by atoms with Crippen LogP contribution in [0.3, 0.4) is 0 Å². The lowest BCUT2D eigenvalue weighted by molar-refractivity contribution is -0.121. The highest BCUT2D eigenvalue weighted by Gasteiger charge is 2.09. The summed E-state index contributed by atoms with van der Waals surface area (Å²) in [7, 11) is 0. The van der Waals surface area contributed by atoms with E-state index in [1.54, 1.807) is 12.1 Å². The summed E-state index contributed by atoms with van der Waals surface area (Å²) in [6.07, 6.45) is 1.27. The van der Waals surface area contributed by atoms with Gasteiger partial charge in [0.2, 0.25) is 5.91 Å². The first-order valence-corrected chi connectivity index (χ1v) is 5.87. The molecule has 0 spiro atoms. The molecule has 3 nitrogen and oxygen atoms in total. The molecule has 0 bridgehead atoms. The van der Waals surface area contributed by atoms with Gasteiger partial charge in [0.1, 0.15) is 5.75 Å². The summed E-state index contributed by atoms with van der Waals surface area (Å²) in [6.45, 7) is 0.953. The zero-order valence-corrected chi connectivity index (χ0v) is 10.5. The lowest BCUT2D eigenvalue weighted by atomic mass is 10.1. The monoisotopic (exact) mass is 257 g/mol. The molecule has 0 aromatic heterocycles. The molecule has 0 heterocycles. The van der Waals surface area contributed by atoms with E-state index in [1.165, 1.54) is 12.1 Å². The molecule has 0 radical (unpaired) electrons. The van der Waals surface area contributed by atoms with Gasteiger partial charge < -0.3 is 10.1 Å². The molecular formula is C13H17F2NO2. The van der Waals surface area contributed by atoms with Crippen molar-refractivity contribution < 1.29 is 18.3 Å². The fourth-order valence-electron chi connectivity index (χ4n) is 1.56. The summed E-state index contributed by atoms with van der Waals surface area (Å²) >= 11 is 0. The third-order valence-electron chi connectivity index (χ3n) is 2.46. The highest BCUT2D eigenvalue weighted by molar-refractivity contribution is 5.76. The van der Waals surface area contributed by atoms with Gasteiger partial charge in [-0.2, -0.15) is 8.78 Å². The van der Waals surface area contributed by atoms with Crippen molar-refractivity contribution in [3.05, 3.63) is 29.8 Å². The Kier molecular flexibility index (Phi) is 5.55. The molecule has 1 amide bonds. The second-order valence-electron chi connectivity index (χ2n) is 3.99. The number of rotatable bonds is 6. The number of ether oxygens (including phenoxy) is 1. The van der Waals surface area contributed by atoms with Crippen LogP contribution in [0.2, 0.25) is 0 Å². The number of alkyl halides is 2. The predicted molar refractivity (Wildman–Crippen MR) is 64.5 cm³/mol. The number of amides is 1. The van der Waals surface area contributed by atoms with Crippen molar-refractivity contribution in [2.45, 2.75) is 39.3 Å². The van der Waals surface area contributed by atoms with Gasteiger partial charge in [0.25, 0.3) is 0 Å². The van der Waals surface area contributed by atoms with Crippen LogP contribution >= 0.6 is 0 Å². The molecule has 1 rings (SSSR count). The van der Waals surface area contributed by atoms with E-state index in [2.05, 4.69) is 10.1 Å². The number of carbonyl (C=O) groups excluding carboxylic acids is 1. The number of hydrogen-bond donors (Lipinski definition) is 1. The molecule has 1 unspecified atom stereocenters. The molecule has 5 heteroatoms. The SMILES string of the molecule is CCCC(=O)NC(C)c1ccc(OC(F)F)cc1. The zero-order chi connectivity index (χ0) is 13.5. The minimum absolute atomic E-state index is 0.0158. The smallest absolute Gasteiger partial charge is 0.387 e. The molecule has 1 aromatic carbocycles. The number of benzene rings is 1. The fourth-order valence-corrected chi connectivity index (χ4v) is 1.56. The molecular weight excluding hydrogens is 240 g/mol. The Balaban J connectivity index is 2.58. The first-order valence-electron chi connectivity index (χ1n) is 5.87. The van der Waals surface area contributed by atoms with Crippen LogP contribution in [0.4, 0.5) is 8.78 Å². The lowest BCUT2D eigenvalue weighted by Crippen LogP contribution is -2.26. The van der Waals surface area contributed by atoms with E-state index in [0.717, 1.165) is 12.0 Å². The van der Waals surface area contributed by atoms with Gasteiger partial charge in [0, 0.05) is 6.42 Å². The van der Waals surface area contributed by atoms with Gasteiger partial charge in [0.15, 0.2) is 0 Å². The largest absolute Gasteiger partial charge is 0.435 e. The number of halogens is 2. The van der Waals surface area contributed by atoms with E-state index in [1.807, 2.05) is 13.8 Å². The van der Waals surface area contributed by atoms with Crippen LogP contribution in [0, 0.1) is 0 Å². The maximum Gasteiger partial charge on any atom is 0.387 e. The van der Waals surface area contributed by atoms with Crippen molar-refractivity contribution in [1.82, 2.24) is 5.32 Å². The molecule has 0 aliphatic rings. The Morgan fingerprint density at radius 2 is 1.94 bits per heavy atom. The lowest BCUT2D eigenvalue weighted by Gasteiger charge is -2.14. The fraction of sp³-hybridized carbons (Fsp3) is 0.462. The summed E-state index contributed by atoms with van der Waals surface area (Å²) in [5, 5.41) is 2.83. The van der Waals surface area contributed by atoms with Crippen LogP contribution in [0.25, 0.3) is 0 Å². The Morgan fingerprint density at radius 1 is 1.33 bits per heavy atom. The van der Waals surface area contributed by atoms with Gasteiger partial charge in [-0.05, 0) is 31.0 Å². The third-order valence-corrected chi connectivity index (χ3v) is 2.46. The zero-order valence-electron chi connectivity index (χ0n) is 10.5. The van der Waals surface area contributed by atoms with E-state index >= 15 is 0 Å². The first kappa shape index (κ1) is 14.4. The summed E-state index contributed by atoms with van der Waals surface area (Å²) < 4.78 is 28.2. The van der Waals surface area contributed by atoms with Gasteiger partial charge in [-0.3, -0.25) is 4.79 Å². The van der Waals surface area contributed by atoms with Gasteiger partial charge in [0.05, 0.1) is 6.04 Å². The van der Waals surface area contributed by atoms with Crippen molar-refractivity contribution in [3.8, 4) is 5.75 Å². The molecule has 0 saturated carbocycles. The molecule has 0 saturated heterocycles. The topological polar surface area (TPSA) is 38.3 Å². The Labute approximate surface area is 105 Å². The van der Waals surface area contributed by atoms with Crippen LogP contribution in [-0.2, 0) is 4.79 Å². The van der Waals surface area contributed by atoms with Crippen LogP contribution in [0.5, 0.6) is 5.75 Å². The van der Waals surface area contributed by atoms with Gasteiger partial charge >= 0.3 is 6.61 Å². The van der Waals surface area contributed by atoms with Crippen molar-refractivity contribution in [2.75, 3.05) is 0 Å². The number of nitrogens with one attached hydrogen (secondary N) is 1. The van der Waals surface area contributed by atoms with Crippen LogP contribution in [0.1, 0.15) is 38.3 Å². The Hall–Kier alpha value is -1.65. The highest BCUT2D eigenvalue weighted by atomic mass is 19.3. The average Bonchev–Trinajstić information content (AvgIpc) is 2.29. The predicted octanol–water partition coefficient (Wildman–Crippen LogP) is 3.27. The highest BCUT2D eigenvalue weighted by Crippen LogP contribution is 2.19. The van der Waals surface area contributed by atoms with Crippen LogP contribution in [-0.4, -0.2) is 12.5 Å². The second kappa shape index (κ2) is 6.93. The van der Waals surface area contributed by atoms with Crippen LogP contribution < -0.4 is 10.1 Å². The van der Waals surface area contributed by atoms with E-state index < -0.39 is 6.61 Å². The first-order chi connectivity index (χ1) is 8.52. The van der Waals surface area contributed by atoms with E-state index in [-0.39, 0.29) is 17.7 Å². The molecule has 0 aliphatic carbocycles. The molecule has 0 fully saturated rings. The second-order valence-corrected chi connectivity index (χ2v) is 3.99. The quantitative estimate of drug-likeness (QED) is 0.849. The van der Waals surface area contributed by atoms with Crippen molar-refractivity contribution in [2.24, 2.45) is 0 Å². The minimum Gasteiger partial charge on any atom is -0.435 e. The van der Waals surface area contributed by atoms with E-state index in [4.69, 9.17) is 0 Å². The van der Waals surface area contributed by atoms with Crippen LogP contribution in [0.15, 0.2) is 24.3 Å². The summed E-state index contributed by atoms with van der Waals surface area (Å²) in [5.74, 6) is 0.0961. The number of carbonyl (C=O) groups is 1. The van der Waals surface area contributed by atoms with Gasteiger partial charge in [-0.15, -0.1) is 0 Å². The van der Waals surface area contributed by atoms with E-state index in [0.29, 0.717) is 6.42 Å². The third kappa shape index (κ3) is 4.69. The Bertz CT molecular complexity index is 379. The average molecular weight is 257 g/mol. The molecule has 18 heavy (non-hydrogen) atoms. The normalized spacial score (nSPS) is 12.3. The maximum absolute atomic E-state index is 12.0. The van der Waals surface area contributed by atoms with Crippen molar-refractivity contribution in [1.29, 1.82) is 0 Å². The van der Waals surface area contributed by atoms with E-state index in [9.17, 15) is 13.6 Å². The molecule has 1 atom stereocenters. The summed E-state index contributed by atoms with van der Waals surface area (Å²) in [4.78, 5) is 11.4. The van der Waals surface area contributed by atoms with Gasteiger partial charge in [-0.1, -0.05) is 19.1 Å². The number of hydrogen-bond acceptors (Lipinski definition) is 2.